The summed E-state index contributed by atoms with van der Waals surface area (Å²) in [7, 11) is 1.37. The summed E-state index contributed by atoms with van der Waals surface area (Å²) in [5, 5.41) is 5.89. The molecule has 2 aromatic rings. The van der Waals surface area contributed by atoms with Gasteiger partial charge >= 0.3 is 5.97 Å². The van der Waals surface area contributed by atoms with Crippen molar-refractivity contribution in [2.24, 2.45) is 0 Å². The lowest BCUT2D eigenvalue weighted by molar-refractivity contribution is -0.142. The van der Waals surface area contributed by atoms with Crippen LogP contribution in [-0.4, -0.2) is 41.2 Å². The molecule has 0 spiro atoms. The number of esters is 1. The molecule has 102 valence electrons. The van der Waals surface area contributed by atoms with Gasteiger partial charge in [-0.25, -0.2) is 0 Å². The molecule has 0 aromatic carbocycles. The van der Waals surface area contributed by atoms with Crippen molar-refractivity contribution in [3.63, 3.8) is 0 Å². The first-order valence-electron chi connectivity index (χ1n) is 5.88. The molecule has 0 saturated carbocycles. The monoisotopic (exact) mass is 281 g/mol. The first-order chi connectivity index (χ1) is 9.22. The van der Waals surface area contributed by atoms with Crippen LogP contribution in [0.4, 0.5) is 0 Å². The van der Waals surface area contributed by atoms with Gasteiger partial charge in [-0.2, -0.15) is 4.98 Å². The van der Waals surface area contributed by atoms with E-state index in [1.165, 1.54) is 7.11 Å². The summed E-state index contributed by atoms with van der Waals surface area (Å²) in [6, 6.07) is 3.87. The normalized spacial score (nSPS) is 10.9. The van der Waals surface area contributed by atoms with Crippen LogP contribution in [-0.2, 0) is 16.1 Å². The highest BCUT2D eigenvalue weighted by Crippen LogP contribution is 2.21. The molecule has 2 heterocycles. The molecule has 2 aromatic heterocycles. The van der Waals surface area contributed by atoms with Crippen molar-refractivity contribution in [2.45, 2.75) is 13.5 Å². The van der Waals surface area contributed by atoms with Crippen molar-refractivity contribution >= 4 is 17.3 Å². The molecule has 0 bridgehead atoms. The van der Waals surface area contributed by atoms with Gasteiger partial charge in [-0.3, -0.25) is 9.69 Å². The van der Waals surface area contributed by atoms with E-state index in [9.17, 15) is 4.79 Å². The molecule has 7 heteroatoms. The van der Waals surface area contributed by atoms with E-state index in [-0.39, 0.29) is 12.5 Å². The second-order valence-corrected chi connectivity index (χ2v) is 4.82. The maximum absolute atomic E-state index is 11.2. The zero-order valence-corrected chi connectivity index (χ0v) is 11.6. The van der Waals surface area contributed by atoms with Gasteiger partial charge in [-0.1, -0.05) is 18.1 Å². The van der Waals surface area contributed by atoms with Gasteiger partial charge in [0.15, 0.2) is 0 Å². The molecule has 0 aliphatic carbocycles. The van der Waals surface area contributed by atoms with Crippen molar-refractivity contribution in [2.75, 3.05) is 20.2 Å². The van der Waals surface area contributed by atoms with Crippen molar-refractivity contribution in [3.05, 3.63) is 23.4 Å². The van der Waals surface area contributed by atoms with E-state index >= 15 is 0 Å². The number of ether oxygens (including phenoxy) is 1. The van der Waals surface area contributed by atoms with E-state index < -0.39 is 0 Å². The number of likely N-dealkylation sites (N-methyl/N-ethyl adjacent to an activating group) is 1. The maximum atomic E-state index is 11.2. The molecule has 6 nitrogen and oxygen atoms in total. The first kappa shape index (κ1) is 13.7. The zero-order valence-electron chi connectivity index (χ0n) is 10.8. The van der Waals surface area contributed by atoms with E-state index in [0.717, 1.165) is 4.88 Å². The number of aromatic nitrogens is 2. The number of carbonyl (C=O) groups excluding carboxylic acids is 1. The third kappa shape index (κ3) is 3.62. The highest BCUT2D eigenvalue weighted by atomic mass is 32.1. The molecule has 19 heavy (non-hydrogen) atoms. The van der Waals surface area contributed by atoms with E-state index in [1.807, 2.05) is 29.3 Å². The second-order valence-electron chi connectivity index (χ2n) is 3.87. The van der Waals surface area contributed by atoms with Gasteiger partial charge in [0.2, 0.25) is 11.7 Å². The predicted molar refractivity (Wildman–Crippen MR) is 70.6 cm³/mol. The Bertz CT molecular complexity index is 524. The number of methoxy groups -OCH3 is 1. The lowest BCUT2D eigenvalue weighted by atomic mass is 10.4. The molecule has 0 amide bonds. The smallest absolute Gasteiger partial charge is 0.319 e. The summed E-state index contributed by atoms with van der Waals surface area (Å²) < 4.78 is 9.83. The Morgan fingerprint density at radius 3 is 3.05 bits per heavy atom. The van der Waals surface area contributed by atoms with Crippen LogP contribution in [0.25, 0.3) is 10.7 Å². The standard InChI is InChI=1S/C12H15N3O3S/c1-3-15(8-11(16)17-2)7-10-13-12(14-18-10)9-5-4-6-19-9/h4-6H,3,7-8H2,1-2H3. The van der Waals surface area contributed by atoms with Crippen molar-refractivity contribution in [1.82, 2.24) is 15.0 Å². The summed E-state index contributed by atoms with van der Waals surface area (Å²) in [6.07, 6.45) is 0. The maximum Gasteiger partial charge on any atom is 0.319 e. The minimum atomic E-state index is -0.278. The number of rotatable bonds is 6. The highest BCUT2D eigenvalue weighted by Gasteiger charge is 2.15. The molecule has 0 aliphatic heterocycles. The SMILES string of the molecule is CCN(CC(=O)OC)Cc1nc(-c2cccs2)no1. The Morgan fingerprint density at radius 2 is 2.42 bits per heavy atom. The van der Waals surface area contributed by atoms with E-state index in [2.05, 4.69) is 14.9 Å². The fourth-order valence-corrected chi connectivity index (χ4v) is 2.19. The molecular formula is C12H15N3O3S. The zero-order chi connectivity index (χ0) is 13.7. The summed E-state index contributed by atoms with van der Waals surface area (Å²) in [6.45, 7) is 3.30. The lowest BCUT2D eigenvalue weighted by Crippen LogP contribution is -2.30. The Kier molecular flexibility index (Phi) is 4.64. The van der Waals surface area contributed by atoms with Crippen LogP contribution in [0.1, 0.15) is 12.8 Å². The molecule has 0 radical (unpaired) electrons. The van der Waals surface area contributed by atoms with Crippen molar-refractivity contribution < 1.29 is 14.1 Å². The largest absolute Gasteiger partial charge is 0.468 e. The van der Waals surface area contributed by atoms with Gasteiger partial charge in [0, 0.05) is 0 Å². The van der Waals surface area contributed by atoms with E-state index in [1.54, 1.807) is 11.3 Å². The average molecular weight is 281 g/mol. The fraction of sp³-hybridized carbons (Fsp3) is 0.417. The number of thiophene rings is 1. The Morgan fingerprint density at radius 1 is 1.58 bits per heavy atom. The van der Waals surface area contributed by atoms with Gasteiger partial charge in [0.25, 0.3) is 0 Å². The van der Waals surface area contributed by atoms with E-state index in [0.29, 0.717) is 24.8 Å². The summed E-state index contributed by atoms with van der Waals surface area (Å²) in [4.78, 5) is 18.4. The number of carbonyl (C=O) groups is 1. The minimum absolute atomic E-state index is 0.212. The van der Waals surface area contributed by atoms with Crippen LogP contribution in [0.2, 0.25) is 0 Å². The molecule has 0 atom stereocenters. The fourth-order valence-electron chi connectivity index (χ4n) is 1.54. The third-order valence-electron chi connectivity index (χ3n) is 2.60. The number of hydrogen-bond acceptors (Lipinski definition) is 7. The van der Waals surface area contributed by atoms with Crippen molar-refractivity contribution in [1.29, 1.82) is 0 Å². The Hall–Kier alpha value is -1.73. The predicted octanol–water partition coefficient (Wildman–Crippen LogP) is 1.79. The van der Waals surface area contributed by atoms with Gasteiger partial charge in [-0.15, -0.1) is 11.3 Å². The molecule has 0 fully saturated rings. The van der Waals surface area contributed by atoms with E-state index in [4.69, 9.17) is 4.52 Å². The molecule has 0 aliphatic rings. The molecule has 0 N–H and O–H groups in total. The van der Waals surface area contributed by atoms with Crippen LogP contribution in [0.5, 0.6) is 0 Å². The van der Waals surface area contributed by atoms with Gasteiger partial charge in [0.05, 0.1) is 25.1 Å². The Balaban J connectivity index is 2.00. The molecule has 0 saturated heterocycles. The summed E-state index contributed by atoms with van der Waals surface area (Å²) >= 11 is 1.56. The summed E-state index contributed by atoms with van der Waals surface area (Å²) in [5.74, 6) is 0.799. The third-order valence-corrected chi connectivity index (χ3v) is 3.46. The van der Waals surface area contributed by atoms with Gasteiger partial charge < -0.3 is 9.26 Å². The van der Waals surface area contributed by atoms with Gasteiger partial charge in [-0.05, 0) is 18.0 Å². The summed E-state index contributed by atoms with van der Waals surface area (Å²) in [5.41, 5.74) is 0. The number of hydrogen-bond donors (Lipinski definition) is 0. The highest BCUT2D eigenvalue weighted by molar-refractivity contribution is 7.13. The van der Waals surface area contributed by atoms with Crippen LogP contribution in [0, 0.1) is 0 Å². The van der Waals surface area contributed by atoms with Crippen LogP contribution < -0.4 is 0 Å². The minimum Gasteiger partial charge on any atom is -0.468 e. The van der Waals surface area contributed by atoms with Crippen LogP contribution in [0.3, 0.4) is 0 Å². The molecule has 0 unspecified atom stereocenters. The second kappa shape index (κ2) is 6.44. The molecular weight excluding hydrogens is 266 g/mol. The Labute approximate surface area is 115 Å². The van der Waals surface area contributed by atoms with Crippen LogP contribution >= 0.6 is 11.3 Å². The van der Waals surface area contributed by atoms with Crippen molar-refractivity contribution in [3.8, 4) is 10.7 Å². The number of nitrogens with zero attached hydrogens (tertiary/aromatic N) is 3. The van der Waals surface area contributed by atoms with Gasteiger partial charge in [0.1, 0.15) is 0 Å². The average Bonchev–Trinajstić information content (AvgIpc) is 3.08. The lowest BCUT2D eigenvalue weighted by Gasteiger charge is -2.15. The van der Waals surface area contributed by atoms with Crippen LogP contribution in [0.15, 0.2) is 22.0 Å². The topological polar surface area (TPSA) is 68.5 Å². The first-order valence-corrected chi connectivity index (χ1v) is 6.76. The quantitative estimate of drug-likeness (QED) is 0.752. The molecule has 2 rings (SSSR count).